The zero-order chi connectivity index (χ0) is 18.6. The minimum atomic E-state index is -0.314. The second-order valence-electron chi connectivity index (χ2n) is 6.31. The number of carbonyl (C=O) groups is 2. The maximum atomic E-state index is 12.6. The monoisotopic (exact) mass is 366 g/mol. The maximum Gasteiger partial charge on any atom is 0.257 e. The van der Waals surface area contributed by atoms with Crippen LogP contribution in [0.1, 0.15) is 23.2 Å². The zero-order valence-corrected chi connectivity index (χ0v) is 14.5. The van der Waals surface area contributed by atoms with Crippen LogP contribution in [0.3, 0.4) is 0 Å². The van der Waals surface area contributed by atoms with Crippen molar-refractivity contribution in [1.29, 1.82) is 0 Å². The molecule has 4 heterocycles. The summed E-state index contributed by atoms with van der Waals surface area (Å²) in [6, 6.07) is 7.07. The summed E-state index contributed by atoms with van der Waals surface area (Å²) >= 11 is 0. The number of hydrogen-bond acceptors (Lipinski definition) is 6. The molecule has 2 N–H and O–H groups in total. The van der Waals surface area contributed by atoms with Gasteiger partial charge in [0.15, 0.2) is 5.82 Å². The van der Waals surface area contributed by atoms with Gasteiger partial charge in [0.1, 0.15) is 12.0 Å². The first-order valence-corrected chi connectivity index (χ1v) is 8.67. The number of pyridine rings is 1. The van der Waals surface area contributed by atoms with E-state index in [2.05, 4.69) is 25.5 Å². The first-order chi connectivity index (χ1) is 13.2. The molecule has 0 aliphatic carbocycles. The number of amides is 2. The van der Waals surface area contributed by atoms with Gasteiger partial charge < -0.3 is 9.32 Å². The minimum absolute atomic E-state index is 0.128. The van der Waals surface area contributed by atoms with Gasteiger partial charge >= 0.3 is 0 Å². The number of anilines is 1. The Morgan fingerprint density at radius 3 is 3.00 bits per heavy atom. The average molecular weight is 366 g/mol. The van der Waals surface area contributed by atoms with Gasteiger partial charge in [0.05, 0.1) is 17.7 Å². The molecule has 0 saturated carbocycles. The zero-order valence-electron chi connectivity index (χ0n) is 14.5. The van der Waals surface area contributed by atoms with Crippen molar-refractivity contribution in [2.24, 2.45) is 5.92 Å². The molecule has 1 atom stereocenters. The fourth-order valence-corrected chi connectivity index (χ4v) is 3.09. The molecule has 1 fully saturated rings. The first-order valence-electron chi connectivity index (χ1n) is 8.67. The van der Waals surface area contributed by atoms with E-state index in [9.17, 15) is 9.59 Å². The number of furan rings is 1. The maximum absolute atomic E-state index is 12.6. The molecule has 27 heavy (non-hydrogen) atoms. The summed E-state index contributed by atoms with van der Waals surface area (Å²) in [6.07, 6.45) is 6.00. The molecule has 1 saturated heterocycles. The number of hydrogen-bond donors (Lipinski definition) is 2. The Balaban J connectivity index is 1.39. The van der Waals surface area contributed by atoms with Crippen LogP contribution in [-0.4, -0.2) is 50.0 Å². The van der Waals surface area contributed by atoms with E-state index in [1.807, 2.05) is 12.1 Å². The molecular weight excluding hydrogens is 348 g/mol. The van der Waals surface area contributed by atoms with Crippen LogP contribution >= 0.6 is 0 Å². The number of aromatic nitrogens is 4. The number of piperidine rings is 1. The molecular formula is C18H18N6O3. The van der Waals surface area contributed by atoms with E-state index in [1.165, 1.54) is 12.5 Å². The lowest BCUT2D eigenvalue weighted by Gasteiger charge is -2.31. The molecule has 0 bridgehead atoms. The van der Waals surface area contributed by atoms with Crippen molar-refractivity contribution < 1.29 is 14.0 Å². The van der Waals surface area contributed by atoms with Crippen molar-refractivity contribution in [3.05, 3.63) is 48.6 Å². The van der Waals surface area contributed by atoms with Gasteiger partial charge in [0, 0.05) is 19.3 Å². The highest BCUT2D eigenvalue weighted by molar-refractivity contribution is 5.95. The van der Waals surface area contributed by atoms with E-state index in [1.54, 1.807) is 23.2 Å². The number of nitrogens with zero attached hydrogens (tertiary/aromatic N) is 4. The van der Waals surface area contributed by atoms with Gasteiger partial charge in [0.25, 0.3) is 5.91 Å². The third-order valence-corrected chi connectivity index (χ3v) is 4.48. The summed E-state index contributed by atoms with van der Waals surface area (Å²) in [5, 5.41) is 9.50. The van der Waals surface area contributed by atoms with E-state index in [0.717, 1.165) is 6.42 Å². The molecule has 0 unspecified atom stereocenters. The standard InChI is InChI=1S/C18H18N6O3/c25-16(21-18-20-15(22-23-18)14-5-1-2-7-19-14)12-4-3-8-24(10-12)17(26)13-6-9-27-11-13/h1-2,5-7,9,11-12H,3-4,8,10H2,(H2,20,21,22,23,25)/t12-/m0/s1. The number of likely N-dealkylation sites (tertiary alicyclic amines) is 1. The van der Waals surface area contributed by atoms with Gasteiger partial charge in [-0.1, -0.05) is 6.07 Å². The third-order valence-electron chi connectivity index (χ3n) is 4.48. The highest BCUT2D eigenvalue weighted by Gasteiger charge is 2.29. The predicted octanol–water partition coefficient (Wildman–Crippen LogP) is 1.95. The summed E-state index contributed by atoms with van der Waals surface area (Å²) in [6.45, 7) is 0.978. The largest absolute Gasteiger partial charge is 0.472 e. The quantitative estimate of drug-likeness (QED) is 0.729. The molecule has 3 aromatic rings. The molecule has 9 nitrogen and oxygen atoms in total. The lowest BCUT2D eigenvalue weighted by molar-refractivity contribution is -0.121. The first kappa shape index (κ1) is 17.0. The highest BCUT2D eigenvalue weighted by Crippen LogP contribution is 2.20. The lowest BCUT2D eigenvalue weighted by atomic mass is 9.96. The highest BCUT2D eigenvalue weighted by atomic mass is 16.3. The van der Waals surface area contributed by atoms with E-state index >= 15 is 0 Å². The Bertz CT molecular complexity index is 922. The van der Waals surface area contributed by atoms with Crippen LogP contribution in [0.2, 0.25) is 0 Å². The van der Waals surface area contributed by atoms with Crippen molar-refractivity contribution in [1.82, 2.24) is 25.1 Å². The van der Waals surface area contributed by atoms with Crippen molar-refractivity contribution >= 4 is 17.8 Å². The molecule has 3 aromatic heterocycles. The van der Waals surface area contributed by atoms with Gasteiger partial charge in [-0.15, -0.1) is 5.10 Å². The summed E-state index contributed by atoms with van der Waals surface area (Å²) in [5.41, 5.74) is 1.13. The third kappa shape index (κ3) is 3.71. The van der Waals surface area contributed by atoms with Crippen LogP contribution in [0, 0.1) is 5.92 Å². The minimum Gasteiger partial charge on any atom is -0.472 e. The Hall–Kier alpha value is -3.49. The summed E-state index contributed by atoms with van der Waals surface area (Å²) < 4.78 is 4.97. The molecule has 0 radical (unpaired) electrons. The van der Waals surface area contributed by atoms with Crippen LogP contribution in [0.25, 0.3) is 11.5 Å². The van der Waals surface area contributed by atoms with Gasteiger partial charge in [-0.05, 0) is 31.0 Å². The van der Waals surface area contributed by atoms with Crippen molar-refractivity contribution in [2.75, 3.05) is 18.4 Å². The van der Waals surface area contributed by atoms with Crippen LogP contribution < -0.4 is 5.32 Å². The van der Waals surface area contributed by atoms with Crippen LogP contribution in [0.15, 0.2) is 47.4 Å². The van der Waals surface area contributed by atoms with Gasteiger partial charge in [-0.3, -0.25) is 25.0 Å². The summed E-state index contributed by atoms with van der Waals surface area (Å²) in [7, 11) is 0. The van der Waals surface area contributed by atoms with E-state index < -0.39 is 0 Å². The predicted molar refractivity (Wildman–Crippen MR) is 95.6 cm³/mol. The molecule has 4 rings (SSSR count). The molecule has 9 heteroatoms. The normalized spacial score (nSPS) is 16.9. The Labute approximate surface area is 154 Å². The fraction of sp³-hybridized carbons (Fsp3) is 0.278. The van der Waals surface area contributed by atoms with Crippen LogP contribution in [-0.2, 0) is 4.79 Å². The summed E-state index contributed by atoms with van der Waals surface area (Å²) in [4.78, 5) is 35.2. The Kier molecular flexibility index (Phi) is 4.65. The number of H-pyrrole nitrogens is 1. The number of aromatic amines is 1. The molecule has 0 aromatic carbocycles. The topological polar surface area (TPSA) is 117 Å². The van der Waals surface area contributed by atoms with E-state index in [-0.39, 0.29) is 23.7 Å². The van der Waals surface area contributed by atoms with E-state index in [0.29, 0.717) is 36.6 Å². The number of carbonyl (C=O) groups excluding carboxylic acids is 2. The molecule has 1 aliphatic heterocycles. The average Bonchev–Trinajstić information content (AvgIpc) is 3.40. The van der Waals surface area contributed by atoms with Crippen molar-refractivity contribution in [2.45, 2.75) is 12.8 Å². The van der Waals surface area contributed by atoms with Crippen molar-refractivity contribution in [3.63, 3.8) is 0 Å². The number of rotatable bonds is 4. The number of nitrogens with one attached hydrogen (secondary N) is 2. The smallest absolute Gasteiger partial charge is 0.257 e. The van der Waals surface area contributed by atoms with Gasteiger partial charge in [-0.2, -0.15) is 4.98 Å². The summed E-state index contributed by atoms with van der Waals surface area (Å²) in [5.74, 6) is 0.0273. The molecule has 1 aliphatic rings. The Morgan fingerprint density at radius 1 is 1.30 bits per heavy atom. The van der Waals surface area contributed by atoms with Crippen molar-refractivity contribution in [3.8, 4) is 11.5 Å². The van der Waals surface area contributed by atoms with Gasteiger partial charge in [0.2, 0.25) is 11.9 Å². The molecule has 2 amide bonds. The van der Waals surface area contributed by atoms with E-state index in [4.69, 9.17) is 4.42 Å². The van der Waals surface area contributed by atoms with Gasteiger partial charge in [-0.25, -0.2) is 0 Å². The fourth-order valence-electron chi connectivity index (χ4n) is 3.09. The lowest BCUT2D eigenvalue weighted by Crippen LogP contribution is -2.43. The second kappa shape index (κ2) is 7.40. The van der Waals surface area contributed by atoms with Crippen LogP contribution in [0.5, 0.6) is 0 Å². The Morgan fingerprint density at radius 2 is 2.22 bits per heavy atom. The molecule has 0 spiro atoms. The SMILES string of the molecule is O=C(Nc1n[nH]c(-c2ccccn2)n1)[C@H]1CCCN(C(=O)c2ccoc2)C1. The van der Waals surface area contributed by atoms with Crippen LogP contribution in [0.4, 0.5) is 5.95 Å². The molecule has 138 valence electrons. The second-order valence-corrected chi connectivity index (χ2v) is 6.31.